The molecule has 3 rings (SSSR count). The number of nitrogens with one attached hydrogen (secondary N) is 1. The maximum atomic E-state index is 13.3. The highest BCUT2D eigenvalue weighted by molar-refractivity contribution is 6.03. The Morgan fingerprint density at radius 3 is 2.81 bits per heavy atom. The van der Waals surface area contributed by atoms with Crippen molar-refractivity contribution in [1.29, 1.82) is 0 Å². The predicted octanol–water partition coefficient (Wildman–Crippen LogP) is 2.46. The number of piperidine rings is 1. The number of hydrogen-bond donors (Lipinski definition) is 1. The Morgan fingerprint density at radius 2 is 2.05 bits per heavy atom. The van der Waals surface area contributed by atoms with E-state index in [0.29, 0.717) is 5.69 Å². The number of likely N-dealkylation sites (N-methyl/N-ethyl adjacent to an activating group) is 1. The summed E-state index contributed by atoms with van der Waals surface area (Å²) in [5.41, 5.74) is 1.45. The molecule has 0 bridgehead atoms. The van der Waals surface area contributed by atoms with Gasteiger partial charge in [-0.2, -0.15) is 0 Å². The van der Waals surface area contributed by atoms with Crippen LogP contribution in [0.25, 0.3) is 0 Å². The van der Waals surface area contributed by atoms with E-state index in [1.165, 1.54) is 31.4 Å². The first-order valence-corrected chi connectivity index (χ1v) is 7.71. The Morgan fingerprint density at radius 1 is 1.29 bits per heavy atom. The van der Waals surface area contributed by atoms with Gasteiger partial charge in [0.05, 0.1) is 11.4 Å². The van der Waals surface area contributed by atoms with E-state index >= 15 is 0 Å². The van der Waals surface area contributed by atoms with Crippen molar-refractivity contribution in [3.05, 3.63) is 24.0 Å². The van der Waals surface area contributed by atoms with Crippen molar-refractivity contribution >= 4 is 17.3 Å². The number of likely N-dealkylation sites (tertiary alicyclic amines) is 1. The van der Waals surface area contributed by atoms with Crippen LogP contribution in [0.5, 0.6) is 0 Å². The molecule has 1 saturated heterocycles. The standard InChI is InChI=1S/C16H22FN3O/c1-19-14-6-5-12(17)11-13(14)18-16(21)15(19)7-10-20-8-3-2-4-9-20/h5-6,11,15H,2-4,7-10H2,1H3,(H,18,21). The van der Waals surface area contributed by atoms with E-state index in [9.17, 15) is 9.18 Å². The van der Waals surface area contributed by atoms with Gasteiger partial charge in [0.2, 0.25) is 5.91 Å². The van der Waals surface area contributed by atoms with E-state index in [1.54, 1.807) is 6.07 Å². The minimum absolute atomic E-state index is 0.0346. The molecular formula is C16H22FN3O. The van der Waals surface area contributed by atoms with E-state index in [1.807, 2.05) is 11.9 Å². The zero-order valence-corrected chi connectivity index (χ0v) is 12.4. The SMILES string of the molecule is CN1c2ccc(F)cc2NC(=O)C1CCN1CCCCC1. The van der Waals surface area contributed by atoms with Gasteiger partial charge in [-0.3, -0.25) is 4.79 Å². The Kier molecular flexibility index (Phi) is 4.10. The molecule has 1 unspecified atom stereocenters. The highest BCUT2D eigenvalue weighted by Gasteiger charge is 2.30. The summed E-state index contributed by atoms with van der Waals surface area (Å²) in [6.45, 7) is 3.22. The van der Waals surface area contributed by atoms with Crippen molar-refractivity contribution in [2.45, 2.75) is 31.7 Å². The highest BCUT2D eigenvalue weighted by Crippen LogP contribution is 2.32. The molecule has 0 saturated carbocycles. The van der Waals surface area contributed by atoms with Crippen LogP contribution in [-0.2, 0) is 4.79 Å². The fraction of sp³-hybridized carbons (Fsp3) is 0.562. The summed E-state index contributed by atoms with van der Waals surface area (Å²) in [5.74, 6) is -0.359. The van der Waals surface area contributed by atoms with Gasteiger partial charge in [0, 0.05) is 13.6 Å². The second kappa shape index (κ2) is 6.02. The molecule has 2 heterocycles. The lowest BCUT2D eigenvalue weighted by molar-refractivity contribution is -0.117. The summed E-state index contributed by atoms with van der Waals surface area (Å²) in [4.78, 5) is 16.7. The number of halogens is 1. The van der Waals surface area contributed by atoms with Crippen molar-refractivity contribution in [2.75, 3.05) is 36.9 Å². The Bertz CT molecular complexity index is 528. The van der Waals surface area contributed by atoms with E-state index < -0.39 is 0 Å². The molecule has 5 heteroatoms. The molecular weight excluding hydrogens is 269 g/mol. The van der Waals surface area contributed by atoms with Crippen LogP contribution in [0.1, 0.15) is 25.7 Å². The summed E-state index contributed by atoms with van der Waals surface area (Å²) in [7, 11) is 1.91. The van der Waals surface area contributed by atoms with Crippen LogP contribution in [0.2, 0.25) is 0 Å². The third-order valence-corrected chi connectivity index (χ3v) is 4.53. The molecule has 0 aromatic heterocycles. The summed E-state index contributed by atoms with van der Waals surface area (Å²) >= 11 is 0. The van der Waals surface area contributed by atoms with Crippen LogP contribution in [0.4, 0.5) is 15.8 Å². The number of amides is 1. The maximum absolute atomic E-state index is 13.3. The molecule has 0 spiro atoms. The number of anilines is 2. The lowest BCUT2D eigenvalue weighted by Gasteiger charge is -2.36. The number of carbonyl (C=O) groups excluding carboxylic acids is 1. The number of rotatable bonds is 3. The average molecular weight is 291 g/mol. The summed E-state index contributed by atoms with van der Waals surface area (Å²) in [5, 5.41) is 2.83. The topological polar surface area (TPSA) is 35.6 Å². The molecule has 114 valence electrons. The van der Waals surface area contributed by atoms with Crippen LogP contribution in [-0.4, -0.2) is 43.5 Å². The largest absolute Gasteiger partial charge is 0.361 e. The normalized spacial score (nSPS) is 22.9. The third-order valence-electron chi connectivity index (χ3n) is 4.53. The van der Waals surface area contributed by atoms with Crippen molar-refractivity contribution in [2.24, 2.45) is 0 Å². The summed E-state index contributed by atoms with van der Waals surface area (Å²) < 4.78 is 13.3. The third kappa shape index (κ3) is 3.02. The van der Waals surface area contributed by atoms with Crippen molar-refractivity contribution in [1.82, 2.24) is 4.90 Å². The lowest BCUT2D eigenvalue weighted by atomic mass is 10.0. The molecule has 0 aliphatic carbocycles. The summed E-state index contributed by atoms with van der Waals surface area (Å²) in [6, 6.07) is 4.38. The van der Waals surface area contributed by atoms with E-state index in [2.05, 4.69) is 10.2 Å². The number of nitrogens with zero attached hydrogens (tertiary/aromatic N) is 2. The summed E-state index contributed by atoms with van der Waals surface area (Å²) in [6.07, 6.45) is 4.64. The molecule has 0 radical (unpaired) electrons. The first kappa shape index (κ1) is 14.3. The molecule has 1 atom stereocenters. The molecule has 1 aromatic rings. The maximum Gasteiger partial charge on any atom is 0.247 e. The molecule has 21 heavy (non-hydrogen) atoms. The van der Waals surface area contributed by atoms with Crippen LogP contribution in [0.15, 0.2) is 18.2 Å². The number of carbonyl (C=O) groups is 1. The molecule has 1 fully saturated rings. The van der Waals surface area contributed by atoms with Gasteiger partial charge in [0.15, 0.2) is 0 Å². The Balaban J connectivity index is 1.68. The zero-order chi connectivity index (χ0) is 14.8. The predicted molar refractivity (Wildman–Crippen MR) is 82.1 cm³/mol. The highest BCUT2D eigenvalue weighted by atomic mass is 19.1. The van der Waals surface area contributed by atoms with Gasteiger partial charge >= 0.3 is 0 Å². The number of benzene rings is 1. The van der Waals surface area contributed by atoms with E-state index in [-0.39, 0.29) is 17.8 Å². The number of hydrogen-bond acceptors (Lipinski definition) is 3. The Hall–Kier alpha value is -1.62. The Labute approximate surface area is 124 Å². The van der Waals surface area contributed by atoms with Crippen LogP contribution in [0.3, 0.4) is 0 Å². The van der Waals surface area contributed by atoms with Gasteiger partial charge in [-0.1, -0.05) is 6.42 Å². The monoisotopic (exact) mass is 291 g/mol. The van der Waals surface area contributed by atoms with Crippen molar-refractivity contribution < 1.29 is 9.18 Å². The van der Waals surface area contributed by atoms with Crippen LogP contribution >= 0.6 is 0 Å². The zero-order valence-electron chi connectivity index (χ0n) is 12.4. The number of fused-ring (bicyclic) bond motifs is 1. The van der Waals surface area contributed by atoms with Crippen LogP contribution in [0, 0.1) is 5.82 Å². The van der Waals surface area contributed by atoms with Crippen molar-refractivity contribution in [3.8, 4) is 0 Å². The van der Waals surface area contributed by atoms with Gasteiger partial charge in [-0.25, -0.2) is 4.39 Å². The van der Waals surface area contributed by atoms with Gasteiger partial charge in [0.25, 0.3) is 0 Å². The van der Waals surface area contributed by atoms with Gasteiger partial charge in [-0.05, 0) is 50.6 Å². The molecule has 1 N–H and O–H groups in total. The molecule has 1 amide bonds. The smallest absolute Gasteiger partial charge is 0.247 e. The van der Waals surface area contributed by atoms with E-state index in [0.717, 1.165) is 31.7 Å². The minimum atomic E-state index is -0.325. The van der Waals surface area contributed by atoms with Crippen molar-refractivity contribution in [3.63, 3.8) is 0 Å². The second-order valence-electron chi connectivity index (χ2n) is 5.97. The lowest BCUT2D eigenvalue weighted by Crippen LogP contribution is -2.48. The minimum Gasteiger partial charge on any atom is -0.361 e. The fourth-order valence-electron chi connectivity index (χ4n) is 3.29. The van der Waals surface area contributed by atoms with Crippen LogP contribution < -0.4 is 10.2 Å². The molecule has 2 aliphatic heterocycles. The average Bonchev–Trinajstić information content (AvgIpc) is 2.47. The first-order valence-electron chi connectivity index (χ1n) is 7.71. The van der Waals surface area contributed by atoms with Gasteiger partial charge in [0.1, 0.15) is 11.9 Å². The van der Waals surface area contributed by atoms with Gasteiger partial charge in [-0.15, -0.1) is 0 Å². The second-order valence-corrected chi connectivity index (χ2v) is 5.97. The molecule has 4 nitrogen and oxygen atoms in total. The molecule has 1 aromatic carbocycles. The first-order chi connectivity index (χ1) is 10.1. The fourth-order valence-corrected chi connectivity index (χ4v) is 3.29. The molecule has 2 aliphatic rings. The van der Waals surface area contributed by atoms with E-state index in [4.69, 9.17) is 0 Å². The van der Waals surface area contributed by atoms with Gasteiger partial charge < -0.3 is 15.1 Å². The quantitative estimate of drug-likeness (QED) is 0.929.